The van der Waals surface area contributed by atoms with Crippen molar-refractivity contribution in [1.29, 1.82) is 0 Å². The van der Waals surface area contributed by atoms with Crippen LogP contribution in [0.5, 0.6) is 17.2 Å². The second-order valence-corrected chi connectivity index (χ2v) is 9.91. The van der Waals surface area contributed by atoms with Gasteiger partial charge in [-0.1, -0.05) is 65.7 Å². The van der Waals surface area contributed by atoms with Gasteiger partial charge in [-0.15, -0.1) is 0 Å². The van der Waals surface area contributed by atoms with Crippen molar-refractivity contribution < 1.29 is 19.0 Å². The molecule has 1 heterocycles. The summed E-state index contributed by atoms with van der Waals surface area (Å²) in [5, 5.41) is 0. The molecule has 0 spiro atoms. The van der Waals surface area contributed by atoms with E-state index in [1.54, 1.807) is 0 Å². The molecular formula is C27H24Cl2O4. The van der Waals surface area contributed by atoms with Gasteiger partial charge >= 0.3 is 5.97 Å². The van der Waals surface area contributed by atoms with E-state index in [4.69, 9.17) is 37.4 Å². The molecule has 1 saturated carbocycles. The number of halogens is 2. The molecule has 2 aliphatic rings. The lowest BCUT2D eigenvalue weighted by molar-refractivity contribution is -0.148. The van der Waals surface area contributed by atoms with E-state index in [1.165, 1.54) is 0 Å². The number of rotatable bonds is 6. The first kappa shape index (κ1) is 22.1. The monoisotopic (exact) mass is 482 g/mol. The molecular weight excluding hydrogens is 459 g/mol. The smallest absolute Gasteiger partial charge is 0.320 e. The molecule has 1 fully saturated rings. The molecule has 5 rings (SSSR count). The molecule has 0 saturated heterocycles. The van der Waals surface area contributed by atoms with Crippen molar-refractivity contribution in [2.45, 2.75) is 42.5 Å². The normalized spacial score (nSPS) is 20.0. The van der Waals surface area contributed by atoms with Crippen molar-refractivity contribution in [3.05, 3.63) is 89.0 Å². The predicted octanol–water partition coefficient (Wildman–Crippen LogP) is 6.54. The number of para-hydroxylation sites is 1. The number of esters is 1. The summed E-state index contributed by atoms with van der Waals surface area (Å²) >= 11 is 13.0. The van der Waals surface area contributed by atoms with Crippen LogP contribution in [-0.4, -0.2) is 16.9 Å². The summed E-state index contributed by atoms with van der Waals surface area (Å²) in [5.41, 5.74) is 2.78. The first-order valence-electron chi connectivity index (χ1n) is 11.1. The Morgan fingerprint density at radius 1 is 0.970 bits per heavy atom. The van der Waals surface area contributed by atoms with Gasteiger partial charge in [-0.25, -0.2) is 0 Å². The van der Waals surface area contributed by atoms with E-state index in [0.717, 1.165) is 52.3 Å². The maximum Gasteiger partial charge on any atom is 0.320 e. The maximum atomic E-state index is 13.3. The minimum atomic E-state index is -1.20. The maximum absolute atomic E-state index is 13.3. The number of fused-ring (bicyclic) bond motifs is 2. The van der Waals surface area contributed by atoms with Gasteiger partial charge in [0.05, 0.1) is 6.61 Å². The van der Waals surface area contributed by atoms with Crippen LogP contribution in [0.2, 0.25) is 0 Å². The molecule has 6 heteroatoms. The molecule has 0 N–H and O–H groups in total. The van der Waals surface area contributed by atoms with Crippen LogP contribution in [0.25, 0.3) is 0 Å². The van der Waals surface area contributed by atoms with Gasteiger partial charge in [-0.3, -0.25) is 4.79 Å². The minimum absolute atomic E-state index is 0.129. The molecule has 1 atom stereocenters. The van der Waals surface area contributed by atoms with Crippen molar-refractivity contribution in [2.24, 2.45) is 0 Å². The molecule has 1 aliphatic heterocycles. The summed E-state index contributed by atoms with van der Waals surface area (Å²) in [6.45, 7) is 2.62. The van der Waals surface area contributed by atoms with E-state index in [-0.39, 0.29) is 6.61 Å². The number of benzene rings is 3. The number of hydrogen-bond donors (Lipinski definition) is 0. The van der Waals surface area contributed by atoms with E-state index in [9.17, 15) is 4.79 Å². The van der Waals surface area contributed by atoms with E-state index >= 15 is 0 Å². The molecule has 3 aromatic carbocycles. The Labute approximate surface area is 203 Å². The van der Waals surface area contributed by atoms with Gasteiger partial charge in [0.1, 0.15) is 33.6 Å². The van der Waals surface area contributed by atoms with E-state index < -0.39 is 15.7 Å². The Kier molecular flexibility index (Phi) is 5.75. The van der Waals surface area contributed by atoms with Gasteiger partial charge < -0.3 is 14.2 Å². The van der Waals surface area contributed by atoms with Crippen molar-refractivity contribution in [3.63, 3.8) is 0 Å². The molecule has 0 radical (unpaired) electrons. The van der Waals surface area contributed by atoms with E-state index in [0.29, 0.717) is 13.0 Å². The minimum Gasteiger partial charge on any atom is -0.494 e. The lowest BCUT2D eigenvalue weighted by Crippen LogP contribution is -2.29. The Morgan fingerprint density at radius 2 is 1.70 bits per heavy atom. The highest BCUT2D eigenvalue weighted by atomic mass is 35.5. The fraction of sp³-hybridized carbons (Fsp3) is 0.296. The Balaban J connectivity index is 1.35. The number of carbonyl (C=O) groups excluding carboxylic acids is 1. The summed E-state index contributed by atoms with van der Waals surface area (Å²) < 4.78 is 16.3. The average Bonchev–Trinajstić information content (AvgIpc) is 3.47. The SMILES string of the molecule is CCOc1ccc(C2(C(=O)OCc3cccc4c3CCc3ccccc3O4)CC2(Cl)Cl)cc1. The second-order valence-electron chi connectivity index (χ2n) is 8.42. The highest BCUT2D eigenvalue weighted by molar-refractivity contribution is 6.54. The Morgan fingerprint density at radius 3 is 2.42 bits per heavy atom. The molecule has 0 amide bonds. The molecule has 1 unspecified atom stereocenters. The summed E-state index contributed by atoms with van der Waals surface area (Å²) in [7, 11) is 0. The summed E-state index contributed by atoms with van der Waals surface area (Å²) in [4.78, 5) is 13.3. The van der Waals surface area contributed by atoms with E-state index in [2.05, 4.69) is 6.07 Å². The third-order valence-electron chi connectivity index (χ3n) is 6.42. The molecule has 0 aromatic heterocycles. The molecule has 1 aliphatic carbocycles. The topological polar surface area (TPSA) is 44.8 Å². The van der Waals surface area contributed by atoms with Crippen molar-refractivity contribution in [2.75, 3.05) is 6.61 Å². The van der Waals surface area contributed by atoms with Crippen LogP contribution in [0, 0.1) is 0 Å². The average molecular weight is 483 g/mol. The van der Waals surface area contributed by atoms with Gasteiger partial charge in [-0.2, -0.15) is 0 Å². The van der Waals surface area contributed by atoms with Gasteiger partial charge in [0.15, 0.2) is 0 Å². The standard InChI is InChI=1S/C27H24Cl2O4/c1-2-31-21-13-11-20(12-14-21)26(17-27(26,28)29)25(30)32-16-19-7-5-9-24-22(19)15-10-18-6-3-4-8-23(18)33-24/h3-9,11-14H,2,10,15-17H2,1H3. The molecule has 3 aromatic rings. The van der Waals surface area contributed by atoms with E-state index in [1.807, 2.05) is 67.6 Å². The highest BCUT2D eigenvalue weighted by Gasteiger charge is 2.73. The lowest BCUT2D eigenvalue weighted by atomic mass is 9.95. The third kappa shape index (κ3) is 3.96. The number of ether oxygens (including phenoxy) is 3. The fourth-order valence-corrected chi connectivity index (χ4v) is 5.30. The Hall–Kier alpha value is -2.69. The van der Waals surface area contributed by atoms with Crippen LogP contribution < -0.4 is 9.47 Å². The quantitative estimate of drug-likeness (QED) is 0.295. The largest absolute Gasteiger partial charge is 0.494 e. The first-order valence-corrected chi connectivity index (χ1v) is 11.8. The summed E-state index contributed by atoms with van der Waals surface area (Å²) in [5.74, 6) is 1.97. The van der Waals surface area contributed by atoms with Gasteiger partial charge in [-0.05, 0) is 60.7 Å². The van der Waals surface area contributed by atoms with Crippen LogP contribution in [0.15, 0.2) is 66.7 Å². The van der Waals surface area contributed by atoms with Crippen molar-refractivity contribution >= 4 is 29.2 Å². The molecule has 33 heavy (non-hydrogen) atoms. The molecule has 0 bridgehead atoms. The Bertz CT molecular complexity index is 1190. The van der Waals surface area contributed by atoms with Crippen LogP contribution >= 0.6 is 23.2 Å². The third-order valence-corrected chi connectivity index (χ3v) is 7.33. The number of hydrogen-bond acceptors (Lipinski definition) is 4. The lowest BCUT2D eigenvalue weighted by Gasteiger charge is -2.19. The first-order chi connectivity index (χ1) is 15.9. The van der Waals surface area contributed by atoms with Crippen molar-refractivity contribution in [3.8, 4) is 17.2 Å². The number of alkyl halides is 2. The summed E-state index contributed by atoms with van der Waals surface area (Å²) in [6.07, 6.45) is 1.97. The molecule has 170 valence electrons. The zero-order chi connectivity index (χ0) is 23.1. The predicted molar refractivity (Wildman–Crippen MR) is 129 cm³/mol. The second kappa shape index (κ2) is 8.58. The van der Waals surface area contributed by atoms with Crippen LogP contribution in [0.4, 0.5) is 0 Å². The fourth-order valence-electron chi connectivity index (χ4n) is 4.52. The van der Waals surface area contributed by atoms with Crippen molar-refractivity contribution in [1.82, 2.24) is 0 Å². The zero-order valence-electron chi connectivity index (χ0n) is 18.3. The van der Waals surface area contributed by atoms with Crippen LogP contribution in [-0.2, 0) is 34.4 Å². The van der Waals surface area contributed by atoms with Crippen LogP contribution in [0.3, 0.4) is 0 Å². The summed E-state index contributed by atoms with van der Waals surface area (Å²) in [6, 6.07) is 21.2. The zero-order valence-corrected chi connectivity index (χ0v) is 19.8. The molecule has 4 nitrogen and oxygen atoms in total. The van der Waals surface area contributed by atoms with Gasteiger partial charge in [0.2, 0.25) is 0 Å². The van der Waals surface area contributed by atoms with Crippen LogP contribution in [0.1, 0.15) is 35.6 Å². The number of aryl methyl sites for hydroxylation is 1. The van der Waals surface area contributed by atoms with Gasteiger partial charge in [0, 0.05) is 12.0 Å². The number of carbonyl (C=O) groups is 1. The van der Waals surface area contributed by atoms with Gasteiger partial charge in [0.25, 0.3) is 0 Å². The highest BCUT2D eigenvalue weighted by Crippen LogP contribution is 2.65.